The summed E-state index contributed by atoms with van der Waals surface area (Å²) in [7, 11) is 0. The summed E-state index contributed by atoms with van der Waals surface area (Å²) in [5.41, 5.74) is 0. The molecule has 2 amide bonds. The second-order valence-electron chi connectivity index (χ2n) is 6.40. The smallest absolute Gasteiger partial charge is 0.236 e. The van der Waals surface area contributed by atoms with Crippen LogP contribution in [0.1, 0.15) is 30.5 Å². The van der Waals surface area contributed by atoms with Crippen molar-refractivity contribution in [3.8, 4) is 0 Å². The highest BCUT2D eigenvalue weighted by Crippen LogP contribution is 2.18. The van der Waals surface area contributed by atoms with E-state index in [2.05, 4.69) is 37.8 Å². The summed E-state index contributed by atoms with van der Waals surface area (Å²) in [5, 5.41) is 0. The molecule has 0 atom stereocenters. The lowest BCUT2D eigenvalue weighted by molar-refractivity contribution is -0.139. The molecule has 1 fully saturated rings. The number of carbonyl (C=O) groups is 2. The molecule has 128 valence electrons. The first-order chi connectivity index (χ1) is 10.9. The minimum atomic E-state index is 0.0916. The summed E-state index contributed by atoms with van der Waals surface area (Å²) < 4.78 is 0. The second-order valence-corrected chi connectivity index (χ2v) is 7.77. The third-order valence-corrected chi connectivity index (χ3v) is 5.29. The molecule has 23 heavy (non-hydrogen) atoms. The largest absolute Gasteiger partial charge is 0.339 e. The van der Waals surface area contributed by atoms with Crippen LogP contribution in [0, 0.1) is 6.92 Å². The SMILES string of the molecule is CC(=O)N1CCN(C(=O)CN(Cc2ccc(C)s2)C(C)C)CC1. The fourth-order valence-electron chi connectivity index (χ4n) is 2.74. The van der Waals surface area contributed by atoms with Crippen molar-refractivity contribution in [3.05, 3.63) is 21.9 Å². The van der Waals surface area contributed by atoms with Gasteiger partial charge in [0, 0.05) is 55.4 Å². The zero-order valence-electron chi connectivity index (χ0n) is 14.5. The molecule has 0 aromatic carbocycles. The molecular formula is C17H27N3O2S. The summed E-state index contributed by atoms with van der Waals surface area (Å²) in [6.45, 7) is 11.8. The van der Waals surface area contributed by atoms with Crippen molar-refractivity contribution in [3.63, 3.8) is 0 Å². The fourth-order valence-corrected chi connectivity index (χ4v) is 3.65. The van der Waals surface area contributed by atoms with E-state index in [1.54, 1.807) is 23.2 Å². The average molecular weight is 337 g/mol. The number of hydrogen-bond donors (Lipinski definition) is 0. The molecule has 1 saturated heterocycles. The minimum absolute atomic E-state index is 0.0916. The Morgan fingerprint density at radius 2 is 1.78 bits per heavy atom. The number of carbonyl (C=O) groups excluding carboxylic acids is 2. The Morgan fingerprint density at radius 3 is 2.26 bits per heavy atom. The first kappa shape index (κ1) is 17.9. The van der Waals surface area contributed by atoms with Crippen molar-refractivity contribution in [1.29, 1.82) is 0 Å². The maximum absolute atomic E-state index is 12.6. The normalized spacial score (nSPS) is 15.6. The topological polar surface area (TPSA) is 43.9 Å². The van der Waals surface area contributed by atoms with Crippen LogP contribution in [0.25, 0.3) is 0 Å². The van der Waals surface area contributed by atoms with Gasteiger partial charge in [0.15, 0.2) is 0 Å². The Kier molecular flexibility index (Phi) is 6.18. The van der Waals surface area contributed by atoms with Gasteiger partial charge in [0.2, 0.25) is 11.8 Å². The number of piperazine rings is 1. The number of amides is 2. The zero-order valence-corrected chi connectivity index (χ0v) is 15.4. The molecule has 5 nitrogen and oxygen atoms in total. The maximum atomic E-state index is 12.6. The van der Waals surface area contributed by atoms with Crippen molar-refractivity contribution < 1.29 is 9.59 Å². The van der Waals surface area contributed by atoms with E-state index in [1.165, 1.54) is 9.75 Å². The highest BCUT2D eigenvalue weighted by atomic mass is 32.1. The first-order valence-electron chi connectivity index (χ1n) is 8.19. The van der Waals surface area contributed by atoms with Crippen molar-refractivity contribution in [2.24, 2.45) is 0 Å². The first-order valence-corrected chi connectivity index (χ1v) is 9.01. The summed E-state index contributed by atoms with van der Waals surface area (Å²) in [4.78, 5) is 32.4. The molecule has 1 aliphatic heterocycles. The molecule has 0 saturated carbocycles. The lowest BCUT2D eigenvalue weighted by Gasteiger charge is -2.36. The summed E-state index contributed by atoms with van der Waals surface area (Å²) in [6.07, 6.45) is 0. The zero-order chi connectivity index (χ0) is 17.0. The molecule has 0 N–H and O–H groups in total. The Labute approximate surface area is 142 Å². The third-order valence-electron chi connectivity index (χ3n) is 4.30. The van der Waals surface area contributed by atoms with Crippen molar-refractivity contribution in [1.82, 2.24) is 14.7 Å². The highest BCUT2D eigenvalue weighted by Gasteiger charge is 2.24. The Morgan fingerprint density at radius 1 is 1.17 bits per heavy atom. The molecule has 2 rings (SSSR count). The van der Waals surface area contributed by atoms with Crippen molar-refractivity contribution >= 4 is 23.2 Å². The third kappa shape index (κ3) is 5.04. The van der Waals surface area contributed by atoms with Gasteiger partial charge in [-0.15, -0.1) is 11.3 Å². The van der Waals surface area contributed by atoms with Gasteiger partial charge in [-0.1, -0.05) is 0 Å². The van der Waals surface area contributed by atoms with Crippen LogP contribution in [-0.4, -0.2) is 65.3 Å². The van der Waals surface area contributed by atoms with E-state index in [0.29, 0.717) is 38.8 Å². The van der Waals surface area contributed by atoms with Crippen LogP contribution in [0.15, 0.2) is 12.1 Å². The molecule has 2 heterocycles. The molecule has 1 aliphatic rings. The molecule has 0 unspecified atom stereocenters. The molecule has 1 aromatic rings. The van der Waals surface area contributed by atoms with Gasteiger partial charge in [-0.25, -0.2) is 0 Å². The number of hydrogen-bond acceptors (Lipinski definition) is 4. The monoisotopic (exact) mass is 337 g/mol. The fraction of sp³-hybridized carbons (Fsp3) is 0.647. The Hall–Kier alpha value is -1.40. The van der Waals surface area contributed by atoms with Crippen LogP contribution in [0.5, 0.6) is 0 Å². The average Bonchev–Trinajstić information content (AvgIpc) is 2.91. The van der Waals surface area contributed by atoms with Crippen LogP contribution < -0.4 is 0 Å². The van der Waals surface area contributed by atoms with Gasteiger partial charge >= 0.3 is 0 Å². The van der Waals surface area contributed by atoms with E-state index in [-0.39, 0.29) is 11.8 Å². The molecule has 0 spiro atoms. The lowest BCUT2D eigenvalue weighted by Crippen LogP contribution is -2.52. The van der Waals surface area contributed by atoms with E-state index < -0.39 is 0 Å². The van der Waals surface area contributed by atoms with Crippen molar-refractivity contribution in [2.75, 3.05) is 32.7 Å². The predicted molar refractivity (Wildman–Crippen MR) is 93.4 cm³/mol. The number of nitrogens with zero attached hydrogens (tertiary/aromatic N) is 3. The van der Waals surface area contributed by atoms with Gasteiger partial charge in [0.05, 0.1) is 6.54 Å². The minimum Gasteiger partial charge on any atom is -0.339 e. The number of rotatable bonds is 5. The van der Waals surface area contributed by atoms with Gasteiger partial charge in [0.1, 0.15) is 0 Å². The van der Waals surface area contributed by atoms with E-state index in [0.717, 1.165) is 6.54 Å². The van der Waals surface area contributed by atoms with Crippen LogP contribution in [0.4, 0.5) is 0 Å². The van der Waals surface area contributed by atoms with Crippen LogP contribution in [0.2, 0.25) is 0 Å². The second kappa shape index (κ2) is 7.93. The Bertz CT molecular complexity index is 548. The van der Waals surface area contributed by atoms with Gasteiger partial charge < -0.3 is 9.80 Å². The predicted octanol–water partition coefficient (Wildman–Crippen LogP) is 1.96. The molecule has 1 aromatic heterocycles. The standard InChI is InChI=1S/C17H27N3O2S/c1-13(2)20(11-16-6-5-14(3)23-16)12-17(22)19-9-7-18(8-10-19)15(4)21/h5-6,13H,7-12H2,1-4H3. The van der Waals surface area contributed by atoms with Gasteiger partial charge in [0.25, 0.3) is 0 Å². The molecule has 0 aliphatic carbocycles. The Balaban J connectivity index is 1.89. The van der Waals surface area contributed by atoms with Gasteiger partial charge in [-0.3, -0.25) is 14.5 Å². The van der Waals surface area contributed by atoms with Gasteiger partial charge in [-0.2, -0.15) is 0 Å². The van der Waals surface area contributed by atoms with E-state index >= 15 is 0 Å². The molecule has 0 radical (unpaired) electrons. The van der Waals surface area contributed by atoms with Crippen LogP contribution in [0.3, 0.4) is 0 Å². The molecular weight excluding hydrogens is 310 g/mol. The highest BCUT2D eigenvalue weighted by molar-refractivity contribution is 7.11. The van der Waals surface area contributed by atoms with Crippen LogP contribution in [-0.2, 0) is 16.1 Å². The van der Waals surface area contributed by atoms with Crippen molar-refractivity contribution in [2.45, 2.75) is 40.3 Å². The summed E-state index contributed by atoms with van der Waals surface area (Å²) >= 11 is 1.79. The molecule has 0 bridgehead atoms. The summed E-state index contributed by atoms with van der Waals surface area (Å²) in [5.74, 6) is 0.254. The molecule has 6 heteroatoms. The van der Waals surface area contributed by atoms with E-state index in [1.807, 2.05) is 4.90 Å². The van der Waals surface area contributed by atoms with E-state index in [9.17, 15) is 9.59 Å². The van der Waals surface area contributed by atoms with E-state index in [4.69, 9.17) is 0 Å². The van der Waals surface area contributed by atoms with Crippen LogP contribution >= 0.6 is 11.3 Å². The quantitative estimate of drug-likeness (QED) is 0.825. The number of aryl methyl sites for hydroxylation is 1. The lowest BCUT2D eigenvalue weighted by atomic mass is 10.2. The maximum Gasteiger partial charge on any atom is 0.236 e. The van der Waals surface area contributed by atoms with Gasteiger partial charge in [-0.05, 0) is 32.9 Å². The summed E-state index contributed by atoms with van der Waals surface area (Å²) in [6, 6.07) is 4.59. The number of thiophene rings is 1.